The molecule has 2 aromatic rings. The van der Waals surface area contributed by atoms with Crippen molar-refractivity contribution in [3.63, 3.8) is 0 Å². The van der Waals surface area contributed by atoms with Crippen LogP contribution in [0.25, 0.3) is 0 Å². The van der Waals surface area contributed by atoms with Crippen LogP contribution in [0.4, 0.5) is 0 Å². The van der Waals surface area contributed by atoms with E-state index in [1.165, 1.54) is 0 Å². The third kappa shape index (κ3) is 8.04. The summed E-state index contributed by atoms with van der Waals surface area (Å²) in [5.41, 5.74) is 6.02. The number of hydrogen-bond donors (Lipinski definition) is 3. The first-order valence-corrected chi connectivity index (χ1v) is 9.64. The molecule has 0 fully saturated rings. The first-order chi connectivity index (χ1) is 14.0. The minimum atomic E-state index is -0.457. The smallest absolute Gasteiger partial charge is 0.269 e. The molecule has 7 heteroatoms. The van der Waals surface area contributed by atoms with E-state index in [9.17, 15) is 14.4 Å². The lowest BCUT2D eigenvalue weighted by Gasteiger charge is -2.13. The maximum Gasteiger partial charge on any atom is 0.269 e. The zero-order valence-corrected chi connectivity index (χ0v) is 16.7. The second-order valence-corrected chi connectivity index (χ2v) is 6.63. The Hall–Kier alpha value is -3.35. The maximum atomic E-state index is 12.2. The predicted molar refractivity (Wildman–Crippen MR) is 110 cm³/mol. The normalized spacial score (nSPS) is 11.2. The van der Waals surface area contributed by atoms with Crippen LogP contribution in [0.3, 0.4) is 0 Å². The average molecular weight is 397 g/mol. The summed E-state index contributed by atoms with van der Waals surface area (Å²) in [7, 11) is 0. The first kappa shape index (κ1) is 21.9. The quantitative estimate of drug-likeness (QED) is 0.567. The molecular weight excluding hydrogens is 370 g/mol. The summed E-state index contributed by atoms with van der Waals surface area (Å²) < 4.78 is 5.69. The summed E-state index contributed by atoms with van der Waals surface area (Å²) >= 11 is 0. The summed E-state index contributed by atoms with van der Waals surface area (Å²) in [4.78, 5) is 35.9. The molecule has 2 rings (SSSR count). The van der Waals surface area contributed by atoms with Gasteiger partial charge in [0.2, 0.25) is 11.8 Å². The van der Waals surface area contributed by atoms with E-state index >= 15 is 0 Å². The van der Waals surface area contributed by atoms with Gasteiger partial charge < -0.3 is 10.1 Å². The van der Waals surface area contributed by atoms with Crippen molar-refractivity contribution in [2.75, 3.05) is 0 Å². The number of amides is 3. The number of benzene rings is 2. The molecule has 0 heterocycles. The zero-order chi connectivity index (χ0) is 21.1. The van der Waals surface area contributed by atoms with E-state index in [0.29, 0.717) is 17.9 Å². The minimum absolute atomic E-state index is 0.0297. The Balaban J connectivity index is 1.71. The van der Waals surface area contributed by atoms with Crippen molar-refractivity contribution >= 4 is 17.7 Å². The molecule has 3 N–H and O–H groups in total. The number of ether oxygens (including phenoxy) is 1. The molecule has 154 valence electrons. The average Bonchev–Trinajstić information content (AvgIpc) is 2.75. The molecule has 1 atom stereocenters. The van der Waals surface area contributed by atoms with Crippen molar-refractivity contribution in [3.8, 4) is 5.75 Å². The van der Waals surface area contributed by atoms with Gasteiger partial charge in [0.05, 0.1) is 6.10 Å². The highest BCUT2D eigenvalue weighted by atomic mass is 16.5. The van der Waals surface area contributed by atoms with Gasteiger partial charge in [0.1, 0.15) is 5.75 Å². The molecule has 0 aromatic heterocycles. The summed E-state index contributed by atoms with van der Waals surface area (Å²) in [6, 6.07) is 16.2. The summed E-state index contributed by atoms with van der Waals surface area (Å²) in [5.74, 6) is -0.541. The highest BCUT2D eigenvalue weighted by molar-refractivity contribution is 5.96. The molecule has 0 aliphatic carbocycles. The number of hydrogen-bond acceptors (Lipinski definition) is 4. The van der Waals surface area contributed by atoms with Gasteiger partial charge >= 0.3 is 0 Å². The Labute approximate surface area is 170 Å². The first-order valence-electron chi connectivity index (χ1n) is 9.64. The minimum Gasteiger partial charge on any atom is -0.491 e. The number of nitrogens with one attached hydrogen (secondary N) is 3. The van der Waals surface area contributed by atoms with Crippen LogP contribution in [-0.4, -0.2) is 23.8 Å². The molecule has 7 nitrogen and oxygen atoms in total. The van der Waals surface area contributed by atoms with Crippen molar-refractivity contribution in [1.82, 2.24) is 16.2 Å². The summed E-state index contributed by atoms with van der Waals surface area (Å²) in [6.45, 7) is 4.37. The molecular formula is C22H27N3O4. The molecule has 1 unspecified atom stereocenters. The lowest BCUT2D eigenvalue weighted by Crippen LogP contribution is -2.42. The van der Waals surface area contributed by atoms with Crippen LogP contribution in [0.2, 0.25) is 0 Å². The van der Waals surface area contributed by atoms with Gasteiger partial charge in [0.25, 0.3) is 5.91 Å². The van der Waals surface area contributed by atoms with E-state index in [1.807, 2.05) is 44.2 Å². The maximum absolute atomic E-state index is 12.2. The Bertz CT molecular complexity index is 824. The van der Waals surface area contributed by atoms with Gasteiger partial charge in [0.15, 0.2) is 0 Å². The van der Waals surface area contributed by atoms with Crippen molar-refractivity contribution in [1.29, 1.82) is 0 Å². The van der Waals surface area contributed by atoms with Crippen LogP contribution in [-0.2, 0) is 16.1 Å². The van der Waals surface area contributed by atoms with Gasteiger partial charge in [-0.2, -0.15) is 0 Å². The highest BCUT2D eigenvalue weighted by Gasteiger charge is 2.11. The van der Waals surface area contributed by atoms with Crippen LogP contribution in [0.15, 0.2) is 54.6 Å². The van der Waals surface area contributed by atoms with E-state index < -0.39 is 11.8 Å². The summed E-state index contributed by atoms with van der Waals surface area (Å²) in [5, 5.41) is 2.75. The fourth-order valence-electron chi connectivity index (χ4n) is 2.40. The topological polar surface area (TPSA) is 96.5 Å². The number of hydrazine groups is 1. The zero-order valence-electron chi connectivity index (χ0n) is 16.7. The van der Waals surface area contributed by atoms with E-state index in [2.05, 4.69) is 16.2 Å². The second kappa shape index (κ2) is 11.5. The van der Waals surface area contributed by atoms with E-state index in [4.69, 9.17) is 4.74 Å². The fraction of sp³-hybridized carbons (Fsp3) is 0.318. The lowest BCUT2D eigenvalue weighted by molar-refractivity contribution is -0.126. The Kier molecular flexibility index (Phi) is 8.69. The van der Waals surface area contributed by atoms with E-state index in [0.717, 1.165) is 12.0 Å². The van der Waals surface area contributed by atoms with Crippen molar-refractivity contribution < 1.29 is 19.1 Å². The Morgan fingerprint density at radius 3 is 2.38 bits per heavy atom. The molecule has 2 aromatic carbocycles. The van der Waals surface area contributed by atoms with Crippen LogP contribution < -0.4 is 20.9 Å². The SMILES string of the molecule is CCC(C)Oc1cccc(C(=O)NNC(=O)CCC(=O)NCc2ccccc2)c1. The van der Waals surface area contributed by atoms with E-state index in [1.54, 1.807) is 24.3 Å². The van der Waals surface area contributed by atoms with Crippen molar-refractivity contribution in [2.45, 2.75) is 45.8 Å². The number of carbonyl (C=O) groups is 3. The van der Waals surface area contributed by atoms with Gasteiger partial charge in [-0.15, -0.1) is 0 Å². The fourth-order valence-corrected chi connectivity index (χ4v) is 2.40. The van der Waals surface area contributed by atoms with Crippen LogP contribution >= 0.6 is 0 Å². The largest absolute Gasteiger partial charge is 0.491 e. The summed E-state index contributed by atoms with van der Waals surface area (Å²) in [6.07, 6.45) is 0.900. The number of carbonyl (C=O) groups excluding carboxylic acids is 3. The predicted octanol–water partition coefficient (Wildman–Crippen LogP) is 2.72. The van der Waals surface area contributed by atoms with Gasteiger partial charge in [-0.25, -0.2) is 0 Å². The second-order valence-electron chi connectivity index (χ2n) is 6.63. The van der Waals surface area contributed by atoms with Crippen molar-refractivity contribution in [3.05, 3.63) is 65.7 Å². The van der Waals surface area contributed by atoms with Gasteiger partial charge in [-0.3, -0.25) is 25.2 Å². The third-order valence-corrected chi connectivity index (χ3v) is 4.24. The molecule has 0 saturated heterocycles. The van der Waals surface area contributed by atoms with E-state index in [-0.39, 0.29) is 24.9 Å². The standard InChI is InChI=1S/C22H27N3O4/c1-3-16(2)29-19-11-7-10-18(14-19)22(28)25-24-21(27)13-12-20(26)23-15-17-8-5-4-6-9-17/h4-11,14,16H,3,12-13,15H2,1-2H3,(H,23,26)(H,24,27)(H,25,28). The molecule has 3 amide bonds. The lowest BCUT2D eigenvalue weighted by atomic mass is 10.2. The van der Waals surface area contributed by atoms with Crippen LogP contribution in [0.1, 0.15) is 49.0 Å². The highest BCUT2D eigenvalue weighted by Crippen LogP contribution is 2.15. The van der Waals surface area contributed by atoms with Crippen LogP contribution in [0.5, 0.6) is 5.75 Å². The molecule has 0 aliphatic heterocycles. The molecule has 0 aliphatic rings. The number of rotatable bonds is 9. The molecule has 0 radical (unpaired) electrons. The molecule has 0 spiro atoms. The molecule has 0 saturated carbocycles. The molecule has 0 bridgehead atoms. The van der Waals surface area contributed by atoms with Gasteiger partial charge in [-0.1, -0.05) is 43.3 Å². The monoisotopic (exact) mass is 397 g/mol. The van der Waals surface area contributed by atoms with Crippen molar-refractivity contribution in [2.24, 2.45) is 0 Å². The van der Waals surface area contributed by atoms with Crippen LogP contribution in [0, 0.1) is 0 Å². The Morgan fingerprint density at radius 2 is 1.66 bits per heavy atom. The third-order valence-electron chi connectivity index (χ3n) is 4.24. The Morgan fingerprint density at radius 1 is 0.931 bits per heavy atom. The van der Waals surface area contributed by atoms with Gasteiger partial charge in [-0.05, 0) is 37.1 Å². The molecule has 29 heavy (non-hydrogen) atoms. The van der Waals surface area contributed by atoms with Gasteiger partial charge in [0, 0.05) is 24.9 Å².